The van der Waals surface area contributed by atoms with Gasteiger partial charge < -0.3 is 11.1 Å². The van der Waals surface area contributed by atoms with Crippen LogP contribution in [0.1, 0.15) is 53.9 Å². The van der Waals surface area contributed by atoms with E-state index in [0.717, 1.165) is 25.8 Å². The fourth-order valence-electron chi connectivity index (χ4n) is 3.45. The van der Waals surface area contributed by atoms with Gasteiger partial charge in [-0.2, -0.15) is 0 Å². The van der Waals surface area contributed by atoms with Crippen LogP contribution in [-0.2, 0) is 4.79 Å². The number of hydrogen-bond donors (Lipinski definition) is 2. The van der Waals surface area contributed by atoms with Crippen LogP contribution in [-0.4, -0.2) is 42.0 Å². The molecule has 0 aromatic rings. The molecule has 1 rings (SSSR count). The smallest absolute Gasteiger partial charge is 0.224 e. The van der Waals surface area contributed by atoms with E-state index >= 15 is 0 Å². The van der Waals surface area contributed by atoms with Gasteiger partial charge in [0.2, 0.25) is 5.91 Å². The highest BCUT2D eigenvalue weighted by Crippen LogP contribution is 2.28. The topological polar surface area (TPSA) is 58.4 Å². The average molecular weight is 283 g/mol. The van der Waals surface area contributed by atoms with Crippen LogP contribution in [0.25, 0.3) is 0 Å². The van der Waals surface area contributed by atoms with E-state index in [1.165, 1.54) is 0 Å². The van der Waals surface area contributed by atoms with Crippen LogP contribution in [0.5, 0.6) is 0 Å². The molecule has 0 saturated heterocycles. The van der Waals surface area contributed by atoms with Crippen LogP contribution in [0, 0.1) is 11.8 Å². The Morgan fingerprint density at radius 2 is 1.85 bits per heavy atom. The molecule has 20 heavy (non-hydrogen) atoms. The second kappa shape index (κ2) is 7.99. The Balaban J connectivity index is 2.42. The maximum Gasteiger partial charge on any atom is 0.224 e. The Bertz CT molecular complexity index is 286. The van der Waals surface area contributed by atoms with E-state index in [1.807, 2.05) is 0 Å². The first kappa shape index (κ1) is 17.4. The maximum absolute atomic E-state index is 12.3. The molecule has 0 aromatic heterocycles. The predicted octanol–water partition coefficient (Wildman–Crippen LogP) is 1.98. The molecule has 1 amide bonds. The lowest BCUT2D eigenvalue weighted by atomic mass is 9.76. The van der Waals surface area contributed by atoms with E-state index in [9.17, 15) is 4.79 Å². The SMILES string of the molecule is CC1CCCC(N)C1C(=O)NCCN(C(C)C)C(C)C. The highest BCUT2D eigenvalue weighted by molar-refractivity contribution is 5.79. The van der Waals surface area contributed by atoms with Crippen LogP contribution in [0.15, 0.2) is 0 Å². The fourth-order valence-corrected chi connectivity index (χ4v) is 3.45. The first-order chi connectivity index (χ1) is 9.34. The standard InChI is InChI=1S/C16H33N3O/c1-11(2)19(12(3)4)10-9-18-16(20)15-13(5)7-6-8-14(15)17/h11-15H,6-10,17H2,1-5H3,(H,18,20). The molecule has 0 heterocycles. The van der Waals surface area contributed by atoms with Crippen LogP contribution < -0.4 is 11.1 Å². The van der Waals surface area contributed by atoms with E-state index < -0.39 is 0 Å². The molecule has 118 valence electrons. The van der Waals surface area contributed by atoms with Crippen molar-refractivity contribution in [2.24, 2.45) is 17.6 Å². The van der Waals surface area contributed by atoms with Gasteiger partial charge in [-0.25, -0.2) is 0 Å². The van der Waals surface area contributed by atoms with Crippen LogP contribution in [0.2, 0.25) is 0 Å². The van der Waals surface area contributed by atoms with Gasteiger partial charge in [0.25, 0.3) is 0 Å². The fraction of sp³-hybridized carbons (Fsp3) is 0.938. The van der Waals surface area contributed by atoms with Gasteiger partial charge >= 0.3 is 0 Å². The molecular weight excluding hydrogens is 250 g/mol. The molecule has 1 aliphatic rings. The average Bonchev–Trinajstić information content (AvgIpc) is 2.33. The van der Waals surface area contributed by atoms with Crippen LogP contribution >= 0.6 is 0 Å². The van der Waals surface area contributed by atoms with E-state index in [0.29, 0.717) is 24.5 Å². The van der Waals surface area contributed by atoms with Crippen LogP contribution in [0.4, 0.5) is 0 Å². The van der Waals surface area contributed by atoms with Crippen molar-refractivity contribution in [3.63, 3.8) is 0 Å². The molecule has 1 fully saturated rings. The van der Waals surface area contributed by atoms with Crippen molar-refractivity contribution in [3.05, 3.63) is 0 Å². The number of carbonyl (C=O) groups excluding carboxylic acids is 1. The number of nitrogens with two attached hydrogens (primary N) is 1. The molecule has 0 spiro atoms. The summed E-state index contributed by atoms with van der Waals surface area (Å²) in [6, 6.07) is 1.04. The van der Waals surface area contributed by atoms with Gasteiger partial charge in [0.05, 0.1) is 5.92 Å². The minimum atomic E-state index is -0.00435. The van der Waals surface area contributed by atoms with Crippen molar-refractivity contribution in [3.8, 4) is 0 Å². The number of amides is 1. The van der Waals surface area contributed by atoms with Gasteiger partial charge in [0.1, 0.15) is 0 Å². The summed E-state index contributed by atoms with van der Waals surface area (Å²) in [5.41, 5.74) is 6.13. The highest BCUT2D eigenvalue weighted by atomic mass is 16.1. The molecule has 3 N–H and O–H groups in total. The maximum atomic E-state index is 12.3. The molecule has 0 radical (unpaired) electrons. The van der Waals surface area contributed by atoms with Gasteiger partial charge in [-0.05, 0) is 46.5 Å². The summed E-state index contributed by atoms with van der Waals surface area (Å²) in [5, 5.41) is 3.09. The lowest BCUT2D eigenvalue weighted by Gasteiger charge is -2.34. The number of carbonyl (C=O) groups is 1. The number of rotatable bonds is 6. The third kappa shape index (κ3) is 4.74. The first-order valence-electron chi connectivity index (χ1n) is 8.13. The molecule has 3 unspecified atom stereocenters. The first-order valence-corrected chi connectivity index (χ1v) is 8.13. The lowest BCUT2D eigenvalue weighted by molar-refractivity contribution is -0.128. The minimum absolute atomic E-state index is 0.00435. The summed E-state index contributed by atoms with van der Waals surface area (Å²) in [6.07, 6.45) is 3.25. The van der Waals surface area contributed by atoms with Crippen molar-refractivity contribution in [1.29, 1.82) is 0 Å². The van der Waals surface area contributed by atoms with E-state index in [2.05, 4.69) is 44.8 Å². The van der Waals surface area contributed by atoms with Crippen molar-refractivity contribution in [2.45, 2.75) is 72.0 Å². The number of hydrogen-bond acceptors (Lipinski definition) is 3. The van der Waals surface area contributed by atoms with Crippen molar-refractivity contribution < 1.29 is 4.79 Å². The Morgan fingerprint density at radius 1 is 1.25 bits per heavy atom. The van der Waals surface area contributed by atoms with Gasteiger partial charge in [-0.15, -0.1) is 0 Å². The van der Waals surface area contributed by atoms with Crippen molar-refractivity contribution in [2.75, 3.05) is 13.1 Å². The molecule has 3 atom stereocenters. The second-order valence-electron chi connectivity index (χ2n) is 6.81. The van der Waals surface area contributed by atoms with Gasteiger partial charge in [0.15, 0.2) is 0 Å². The summed E-state index contributed by atoms with van der Waals surface area (Å²) < 4.78 is 0. The molecule has 0 bridgehead atoms. The molecule has 4 nitrogen and oxygen atoms in total. The van der Waals surface area contributed by atoms with Crippen LogP contribution in [0.3, 0.4) is 0 Å². The van der Waals surface area contributed by atoms with E-state index in [-0.39, 0.29) is 17.9 Å². The van der Waals surface area contributed by atoms with E-state index in [1.54, 1.807) is 0 Å². The number of nitrogens with one attached hydrogen (secondary N) is 1. The third-order valence-electron chi connectivity index (χ3n) is 4.57. The van der Waals surface area contributed by atoms with Gasteiger partial charge in [-0.3, -0.25) is 9.69 Å². The van der Waals surface area contributed by atoms with Crippen molar-refractivity contribution in [1.82, 2.24) is 10.2 Å². The second-order valence-corrected chi connectivity index (χ2v) is 6.81. The molecule has 4 heteroatoms. The summed E-state index contributed by atoms with van der Waals surface area (Å²) >= 11 is 0. The Morgan fingerprint density at radius 3 is 2.35 bits per heavy atom. The zero-order chi connectivity index (χ0) is 15.3. The Labute approximate surface area is 124 Å². The molecular formula is C16H33N3O. The zero-order valence-electron chi connectivity index (χ0n) is 13.9. The van der Waals surface area contributed by atoms with E-state index in [4.69, 9.17) is 5.73 Å². The minimum Gasteiger partial charge on any atom is -0.355 e. The predicted molar refractivity (Wildman–Crippen MR) is 84.5 cm³/mol. The third-order valence-corrected chi connectivity index (χ3v) is 4.57. The molecule has 0 aliphatic heterocycles. The lowest BCUT2D eigenvalue weighted by Crippen LogP contribution is -2.49. The van der Waals surface area contributed by atoms with Gasteiger partial charge in [0, 0.05) is 31.2 Å². The summed E-state index contributed by atoms with van der Waals surface area (Å²) in [5.74, 6) is 0.553. The Kier molecular flexibility index (Phi) is 6.96. The van der Waals surface area contributed by atoms with Crippen molar-refractivity contribution >= 4 is 5.91 Å². The Hall–Kier alpha value is -0.610. The largest absolute Gasteiger partial charge is 0.355 e. The highest BCUT2D eigenvalue weighted by Gasteiger charge is 2.33. The monoisotopic (exact) mass is 283 g/mol. The molecule has 0 aromatic carbocycles. The number of nitrogens with zero attached hydrogens (tertiary/aromatic N) is 1. The molecule has 1 aliphatic carbocycles. The zero-order valence-corrected chi connectivity index (χ0v) is 13.9. The summed E-state index contributed by atoms with van der Waals surface area (Å²) in [4.78, 5) is 14.7. The normalized spacial score (nSPS) is 27.4. The van der Waals surface area contributed by atoms with Gasteiger partial charge in [-0.1, -0.05) is 13.3 Å². The molecule has 1 saturated carbocycles. The summed E-state index contributed by atoms with van der Waals surface area (Å²) in [7, 11) is 0. The quantitative estimate of drug-likeness (QED) is 0.784. The summed E-state index contributed by atoms with van der Waals surface area (Å²) in [6.45, 7) is 12.5.